The molecular formula is C15H15Cl3N2. The summed E-state index contributed by atoms with van der Waals surface area (Å²) in [6.07, 6.45) is 0. The molecule has 2 aromatic rings. The molecule has 106 valence electrons. The summed E-state index contributed by atoms with van der Waals surface area (Å²) in [6.45, 7) is 2.35. The largest absolute Gasteiger partial charge is 0.377 e. The van der Waals surface area contributed by atoms with Gasteiger partial charge in [0.2, 0.25) is 0 Å². The van der Waals surface area contributed by atoms with Gasteiger partial charge in [-0.05, 0) is 36.2 Å². The summed E-state index contributed by atoms with van der Waals surface area (Å²) in [5.41, 5.74) is 8.64. The topological polar surface area (TPSA) is 38.0 Å². The van der Waals surface area contributed by atoms with Crippen LogP contribution in [-0.4, -0.2) is 6.54 Å². The highest BCUT2D eigenvalue weighted by Crippen LogP contribution is 2.32. The second-order valence-corrected chi connectivity index (χ2v) is 5.73. The van der Waals surface area contributed by atoms with Crippen LogP contribution >= 0.6 is 34.8 Å². The van der Waals surface area contributed by atoms with Crippen LogP contribution in [0.5, 0.6) is 0 Å². The van der Waals surface area contributed by atoms with Gasteiger partial charge < -0.3 is 11.1 Å². The van der Waals surface area contributed by atoms with Crippen molar-refractivity contribution in [2.24, 2.45) is 5.73 Å². The minimum atomic E-state index is -0.125. The molecule has 1 atom stereocenters. The molecule has 2 aromatic carbocycles. The molecule has 0 heterocycles. The first kappa shape index (κ1) is 15.5. The van der Waals surface area contributed by atoms with Gasteiger partial charge in [0, 0.05) is 17.3 Å². The maximum absolute atomic E-state index is 6.24. The zero-order chi connectivity index (χ0) is 14.7. The van der Waals surface area contributed by atoms with E-state index in [-0.39, 0.29) is 6.04 Å². The number of halogens is 3. The molecular weight excluding hydrogens is 315 g/mol. The fourth-order valence-corrected chi connectivity index (χ4v) is 2.56. The van der Waals surface area contributed by atoms with E-state index in [9.17, 15) is 0 Å². The lowest BCUT2D eigenvalue weighted by atomic mass is 10.1. The summed E-state index contributed by atoms with van der Waals surface area (Å²) >= 11 is 18.4. The number of hydrogen-bond donors (Lipinski definition) is 2. The van der Waals surface area contributed by atoms with Crippen LogP contribution in [-0.2, 0) is 0 Å². The van der Waals surface area contributed by atoms with E-state index in [1.54, 1.807) is 6.07 Å². The average Bonchev–Trinajstić information content (AvgIpc) is 2.43. The van der Waals surface area contributed by atoms with E-state index in [0.29, 0.717) is 21.6 Å². The molecule has 2 nitrogen and oxygen atoms in total. The van der Waals surface area contributed by atoms with Crippen LogP contribution in [0.4, 0.5) is 5.69 Å². The molecule has 0 fully saturated rings. The van der Waals surface area contributed by atoms with Crippen LogP contribution in [0.2, 0.25) is 15.1 Å². The quantitative estimate of drug-likeness (QED) is 0.822. The van der Waals surface area contributed by atoms with E-state index in [4.69, 9.17) is 40.5 Å². The summed E-state index contributed by atoms with van der Waals surface area (Å²) < 4.78 is 0. The fraction of sp³-hybridized carbons (Fsp3) is 0.200. The van der Waals surface area contributed by atoms with Crippen LogP contribution in [0.3, 0.4) is 0 Å². The number of nitrogens with two attached hydrogens (primary N) is 1. The second kappa shape index (κ2) is 6.68. The molecule has 0 aromatic heterocycles. The third-order valence-electron chi connectivity index (χ3n) is 3.11. The van der Waals surface area contributed by atoms with Crippen LogP contribution in [0.1, 0.15) is 17.2 Å². The van der Waals surface area contributed by atoms with Gasteiger partial charge in [-0.2, -0.15) is 0 Å². The van der Waals surface area contributed by atoms with Crippen molar-refractivity contribution in [3.05, 3.63) is 62.6 Å². The number of hydrogen-bond acceptors (Lipinski definition) is 2. The van der Waals surface area contributed by atoms with Crippen molar-refractivity contribution in [2.75, 3.05) is 11.9 Å². The highest BCUT2D eigenvalue weighted by Gasteiger charge is 2.15. The lowest BCUT2D eigenvalue weighted by molar-refractivity contribution is 0.790. The van der Waals surface area contributed by atoms with Crippen LogP contribution in [0.15, 0.2) is 36.4 Å². The lowest BCUT2D eigenvalue weighted by Crippen LogP contribution is -2.21. The molecule has 0 saturated carbocycles. The molecule has 5 heteroatoms. The van der Waals surface area contributed by atoms with Gasteiger partial charge in [0.05, 0.1) is 16.1 Å². The minimum Gasteiger partial charge on any atom is -0.377 e. The molecule has 0 aliphatic rings. The van der Waals surface area contributed by atoms with Gasteiger partial charge in [-0.15, -0.1) is 0 Å². The maximum atomic E-state index is 6.24. The van der Waals surface area contributed by atoms with Crippen molar-refractivity contribution in [1.29, 1.82) is 0 Å². The Morgan fingerprint density at radius 1 is 1.10 bits per heavy atom. The van der Waals surface area contributed by atoms with E-state index in [2.05, 4.69) is 5.32 Å². The Balaban J connectivity index is 2.28. The van der Waals surface area contributed by atoms with E-state index in [0.717, 1.165) is 16.8 Å². The monoisotopic (exact) mass is 328 g/mol. The molecule has 0 bridgehead atoms. The van der Waals surface area contributed by atoms with Gasteiger partial charge in [0.25, 0.3) is 0 Å². The number of aryl methyl sites for hydroxylation is 1. The zero-order valence-corrected chi connectivity index (χ0v) is 13.2. The minimum absolute atomic E-state index is 0.125. The predicted octanol–water partition coefficient (Wildman–Crippen LogP) is 5.07. The highest BCUT2D eigenvalue weighted by atomic mass is 35.5. The second-order valence-electron chi connectivity index (χ2n) is 4.54. The summed E-state index contributed by atoms with van der Waals surface area (Å²) in [6, 6.07) is 11.2. The Morgan fingerprint density at radius 3 is 2.50 bits per heavy atom. The van der Waals surface area contributed by atoms with Gasteiger partial charge in [-0.3, -0.25) is 0 Å². The van der Waals surface area contributed by atoms with Crippen molar-refractivity contribution in [2.45, 2.75) is 13.0 Å². The van der Waals surface area contributed by atoms with Crippen LogP contribution in [0.25, 0.3) is 0 Å². The molecule has 20 heavy (non-hydrogen) atoms. The van der Waals surface area contributed by atoms with Gasteiger partial charge in [0.1, 0.15) is 0 Å². The predicted molar refractivity (Wildman–Crippen MR) is 88.1 cm³/mol. The van der Waals surface area contributed by atoms with Gasteiger partial charge in [-0.25, -0.2) is 0 Å². The number of anilines is 1. The third kappa shape index (κ3) is 3.39. The number of benzene rings is 2. The van der Waals surface area contributed by atoms with E-state index >= 15 is 0 Å². The van der Waals surface area contributed by atoms with E-state index in [1.807, 2.05) is 37.3 Å². The molecule has 1 unspecified atom stereocenters. The Hall–Kier alpha value is -0.930. The zero-order valence-electron chi connectivity index (χ0n) is 11.0. The fourth-order valence-electron chi connectivity index (χ4n) is 1.94. The van der Waals surface area contributed by atoms with Crippen molar-refractivity contribution in [3.63, 3.8) is 0 Å². The molecule has 0 aliphatic carbocycles. The normalized spacial score (nSPS) is 12.2. The SMILES string of the molecule is Cc1ccc(NC(CN)c2cccc(Cl)c2Cl)cc1Cl. The summed E-state index contributed by atoms with van der Waals surface area (Å²) in [5, 5.41) is 5.08. The first-order chi connectivity index (χ1) is 9.52. The first-order valence-corrected chi connectivity index (χ1v) is 7.33. The molecule has 0 aliphatic heterocycles. The van der Waals surface area contributed by atoms with Crippen molar-refractivity contribution in [1.82, 2.24) is 0 Å². The first-order valence-electron chi connectivity index (χ1n) is 6.19. The Labute approximate surface area is 133 Å². The smallest absolute Gasteiger partial charge is 0.0651 e. The van der Waals surface area contributed by atoms with Crippen LogP contribution < -0.4 is 11.1 Å². The van der Waals surface area contributed by atoms with Crippen molar-refractivity contribution in [3.8, 4) is 0 Å². The molecule has 2 rings (SSSR count). The summed E-state index contributed by atoms with van der Waals surface area (Å²) in [4.78, 5) is 0. The standard InChI is InChI=1S/C15H15Cl3N2/c1-9-5-6-10(7-13(9)17)20-14(8-19)11-3-2-4-12(16)15(11)18/h2-7,14,20H,8,19H2,1H3. The molecule has 0 spiro atoms. The molecule has 0 amide bonds. The number of rotatable bonds is 4. The van der Waals surface area contributed by atoms with E-state index < -0.39 is 0 Å². The van der Waals surface area contributed by atoms with Gasteiger partial charge in [0.15, 0.2) is 0 Å². The third-order valence-corrected chi connectivity index (χ3v) is 4.35. The van der Waals surface area contributed by atoms with Gasteiger partial charge in [-0.1, -0.05) is 53.0 Å². The molecule has 3 N–H and O–H groups in total. The molecule has 0 radical (unpaired) electrons. The number of nitrogens with one attached hydrogen (secondary N) is 1. The molecule has 0 saturated heterocycles. The average molecular weight is 330 g/mol. The Kier molecular flexibility index (Phi) is 5.17. The lowest BCUT2D eigenvalue weighted by Gasteiger charge is -2.20. The van der Waals surface area contributed by atoms with Gasteiger partial charge >= 0.3 is 0 Å². The van der Waals surface area contributed by atoms with E-state index in [1.165, 1.54) is 0 Å². The van der Waals surface area contributed by atoms with Crippen molar-refractivity contribution >= 4 is 40.5 Å². The van der Waals surface area contributed by atoms with Crippen LogP contribution in [0, 0.1) is 6.92 Å². The van der Waals surface area contributed by atoms with Crippen molar-refractivity contribution < 1.29 is 0 Å². The maximum Gasteiger partial charge on any atom is 0.0651 e. The highest BCUT2D eigenvalue weighted by molar-refractivity contribution is 6.42. The Bertz CT molecular complexity index is 614. The summed E-state index contributed by atoms with van der Waals surface area (Å²) in [7, 11) is 0. The summed E-state index contributed by atoms with van der Waals surface area (Å²) in [5.74, 6) is 0. The Morgan fingerprint density at radius 2 is 1.85 bits per heavy atom.